The smallest absolute Gasteiger partial charge is 0.258 e. The Labute approximate surface area is 163 Å². The van der Waals surface area contributed by atoms with Crippen LogP contribution in [0.3, 0.4) is 0 Å². The van der Waals surface area contributed by atoms with Gasteiger partial charge in [0.1, 0.15) is 11.8 Å². The average Bonchev–Trinajstić information content (AvgIpc) is 3.17. The molecule has 0 saturated heterocycles. The zero-order valence-electron chi connectivity index (χ0n) is 16.1. The van der Waals surface area contributed by atoms with Crippen LogP contribution < -0.4 is 15.4 Å². The van der Waals surface area contributed by atoms with Crippen LogP contribution >= 0.6 is 0 Å². The highest BCUT2D eigenvalue weighted by molar-refractivity contribution is 6.34. The summed E-state index contributed by atoms with van der Waals surface area (Å²) < 4.78 is 5.89. The first kappa shape index (κ1) is 18.2. The van der Waals surface area contributed by atoms with E-state index in [9.17, 15) is 9.59 Å². The lowest BCUT2D eigenvalue weighted by atomic mass is 10.1. The second-order valence-electron chi connectivity index (χ2n) is 7.20. The van der Waals surface area contributed by atoms with Gasteiger partial charge >= 0.3 is 0 Å². The van der Waals surface area contributed by atoms with Crippen molar-refractivity contribution in [3.05, 3.63) is 40.8 Å². The first-order valence-electron chi connectivity index (χ1n) is 9.29. The average molecular weight is 381 g/mol. The van der Waals surface area contributed by atoms with E-state index < -0.39 is 0 Å². The topological polar surface area (TPSA) is 99.3 Å². The normalized spacial score (nSPS) is 21.8. The van der Waals surface area contributed by atoms with Gasteiger partial charge in [-0.1, -0.05) is 0 Å². The summed E-state index contributed by atoms with van der Waals surface area (Å²) in [6.45, 7) is 5.66. The number of nitrogens with one attached hydrogen (secondary N) is 3. The molecule has 2 aliphatic rings. The Balaban J connectivity index is 1.83. The van der Waals surface area contributed by atoms with E-state index in [1.807, 2.05) is 13.8 Å². The van der Waals surface area contributed by atoms with Gasteiger partial charge in [0.05, 0.1) is 22.5 Å². The van der Waals surface area contributed by atoms with E-state index in [2.05, 4.69) is 20.6 Å². The van der Waals surface area contributed by atoms with Crippen molar-refractivity contribution in [2.45, 2.75) is 20.0 Å². The summed E-state index contributed by atoms with van der Waals surface area (Å²) in [4.78, 5) is 34.8. The Morgan fingerprint density at radius 1 is 1.29 bits per heavy atom. The molecule has 0 aliphatic carbocycles. The summed E-state index contributed by atoms with van der Waals surface area (Å²) in [6, 6.07) is 5.34. The predicted molar refractivity (Wildman–Crippen MR) is 106 cm³/mol. The minimum absolute atomic E-state index is 0.0995. The first-order valence-corrected chi connectivity index (χ1v) is 9.29. The van der Waals surface area contributed by atoms with Gasteiger partial charge in [-0.3, -0.25) is 9.59 Å². The summed E-state index contributed by atoms with van der Waals surface area (Å²) in [6.07, 6.45) is 1.58. The fourth-order valence-electron chi connectivity index (χ4n) is 3.40. The molecule has 146 valence electrons. The lowest BCUT2D eigenvalue weighted by molar-refractivity contribution is -0.110. The van der Waals surface area contributed by atoms with Crippen LogP contribution in [-0.4, -0.2) is 59.5 Å². The lowest BCUT2D eigenvalue weighted by Gasteiger charge is -2.19. The molecule has 2 amide bonds. The molecule has 28 heavy (non-hydrogen) atoms. The lowest BCUT2D eigenvalue weighted by Crippen LogP contribution is -2.37. The molecule has 8 heteroatoms. The van der Waals surface area contributed by atoms with Crippen LogP contribution in [0.4, 0.5) is 5.69 Å². The molecule has 2 bridgehead atoms. The number of amides is 2. The molecular weight excluding hydrogens is 358 g/mol. The maximum Gasteiger partial charge on any atom is 0.258 e. The van der Waals surface area contributed by atoms with Gasteiger partial charge in [-0.2, -0.15) is 0 Å². The van der Waals surface area contributed by atoms with Crippen LogP contribution in [-0.2, 0) is 4.79 Å². The highest BCUT2D eigenvalue weighted by Crippen LogP contribution is 2.33. The van der Waals surface area contributed by atoms with Crippen LogP contribution in [0.2, 0.25) is 0 Å². The van der Waals surface area contributed by atoms with Gasteiger partial charge in [0.15, 0.2) is 0 Å². The van der Waals surface area contributed by atoms with Crippen LogP contribution in [0.1, 0.15) is 34.4 Å². The predicted octanol–water partition coefficient (Wildman–Crippen LogP) is 1.65. The molecule has 2 aliphatic heterocycles. The minimum Gasteiger partial charge on any atom is -0.473 e. The largest absolute Gasteiger partial charge is 0.473 e. The summed E-state index contributed by atoms with van der Waals surface area (Å²) in [7, 11) is 1.77. The number of fused-ring (bicyclic) bond motifs is 2. The third-order valence-electron chi connectivity index (χ3n) is 4.84. The number of aryl methyl sites for hydroxylation is 1. The molecule has 1 atom stereocenters. The van der Waals surface area contributed by atoms with E-state index in [1.54, 1.807) is 36.2 Å². The third-order valence-corrected chi connectivity index (χ3v) is 4.84. The monoisotopic (exact) mass is 381 g/mol. The number of ether oxygens (including phenoxy) is 1. The molecular formula is C20H23N5O3. The zero-order chi connectivity index (χ0) is 19.8. The molecule has 4 rings (SSSR count). The van der Waals surface area contributed by atoms with Crippen molar-refractivity contribution in [2.24, 2.45) is 0 Å². The maximum atomic E-state index is 12.9. The second-order valence-corrected chi connectivity index (χ2v) is 7.20. The minimum atomic E-state index is -0.252. The summed E-state index contributed by atoms with van der Waals surface area (Å²) >= 11 is 0. The summed E-state index contributed by atoms with van der Waals surface area (Å²) in [5.74, 6) is 0.108. The van der Waals surface area contributed by atoms with E-state index >= 15 is 0 Å². The molecule has 2 aromatic rings. The Hall–Kier alpha value is -3.13. The molecule has 0 spiro atoms. The van der Waals surface area contributed by atoms with Gasteiger partial charge in [-0.25, -0.2) is 4.98 Å². The van der Waals surface area contributed by atoms with Gasteiger partial charge in [0.25, 0.3) is 11.8 Å². The second kappa shape index (κ2) is 7.12. The number of rotatable bonds is 0. The number of carbonyl (C=O) groups excluding carboxylic acids is 2. The fraction of sp³-hybridized carbons (Fsp3) is 0.350. The molecule has 8 nitrogen and oxygen atoms in total. The van der Waals surface area contributed by atoms with Crippen LogP contribution in [0.25, 0.3) is 11.6 Å². The van der Waals surface area contributed by atoms with Crippen molar-refractivity contribution in [1.82, 2.24) is 20.2 Å². The quantitative estimate of drug-likeness (QED) is 0.644. The van der Waals surface area contributed by atoms with E-state index in [0.717, 1.165) is 5.69 Å². The van der Waals surface area contributed by atoms with Crippen molar-refractivity contribution in [2.75, 3.05) is 32.0 Å². The molecule has 0 aromatic carbocycles. The summed E-state index contributed by atoms with van der Waals surface area (Å²) in [5.41, 5.74) is 3.53. The third kappa shape index (κ3) is 3.38. The molecule has 0 fully saturated rings. The maximum absolute atomic E-state index is 12.9. The van der Waals surface area contributed by atoms with E-state index in [-0.39, 0.29) is 17.9 Å². The number of H-pyrrole nitrogens is 1. The Morgan fingerprint density at radius 3 is 2.93 bits per heavy atom. The van der Waals surface area contributed by atoms with Crippen molar-refractivity contribution in [1.29, 1.82) is 0 Å². The molecule has 0 radical (unpaired) electrons. The summed E-state index contributed by atoms with van der Waals surface area (Å²) in [5, 5.41) is 6.11. The molecule has 0 saturated carbocycles. The standard InChI is InChI=1S/C20H23N5O3/c1-11-8-13-16(22-11)9-14-18-15(23-19(14)26)4-5-17(24-18)28-12(2)10-21-6-7-25(3)20(13)27/h4-5,8-9,12,21-22H,6-7,10H2,1-3H3,(H,23,26)/b14-9-. The Kier molecular flexibility index (Phi) is 4.64. The fourth-order valence-corrected chi connectivity index (χ4v) is 3.40. The number of aromatic nitrogens is 2. The number of likely N-dealkylation sites (N-methyl/N-ethyl adjacent to an activating group) is 1. The van der Waals surface area contributed by atoms with Crippen LogP contribution in [0.15, 0.2) is 18.2 Å². The van der Waals surface area contributed by atoms with E-state index in [0.29, 0.717) is 53.7 Å². The van der Waals surface area contributed by atoms with Gasteiger partial charge < -0.3 is 25.3 Å². The highest BCUT2D eigenvalue weighted by atomic mass is 16.5. The van der Waals surface area contributed by atoms with Gasteiger partial charge in [0, 0.05) is 38.4 Å². The number of anilines is 1. The number of aromatic amines is 1. The van der Waals surface area contributed by atoms with Gasteiger partial charge in [-0.05, 0) is 32.1 Å². The van der Waals surface area contributed by atoms with Crippen LogP contribution in [0.5, 0.6) is 5.88 Å². The molecule has 1 unspecified atom stereocenters. The SMILES string of the molecule is Cc1cc2c([nH]1)/C=C1\C(=O)Nc3ccc(nc31)OC(C)CNCCN(C)C2=O. The Bertz CT molecular complexity index is 978. The van der Waals surface area contributed by atoms with Gasteiger partial charge in [-0.15, -0.1) is 0 Å². The number of pyridine rings is 1. The zero-order valence-corrected chi connectivity index (χ0v) is 16.1. The first-order chi connectivity index (χ1) is 13.4. The molecule has 4 heterocycles. The number of nitrogens with zero attached hydrogens (tertiary/aromatic N) is 2. The van der Waals surface area contributed by atoms with Crippen molar-refractivity contribution in [3.8, 4) is 5.88 Å². The van der Waals surface area contributed by atoms with Crippen molar-refractivity contribution in [3.63, 3.8) is 0 Å². The van der Waals surface area contributed by atoms with E-state index in [4.69, 9.17) is 4.74 Å². The molecule has 2 aromatic heterocycles. The number of carbonyl (C=O) groups is 2. The number of hydrogen-bond acceptors (Lipinski definition) is 5. The Morgan fingerprint density at radius 2 is 2.11 bits per heavy atom. The van der Waals surface area contributed by atoms with Crippen molar-refractivity contribution >= 4 is 29.2 Å². The number of hydrogen-bond donors (Lipinski definition) is 3. The van der Waals surface area contributed by atoms with Crippen LogP contribution in [0, 0.1) is 6.92 Å². The van der Waals surface area contributed by atoms with E-state index in [1.165, 1.54) is 0 Å². The van der Waals surface area contributed by atoms with Gasteiger partial charge in [0.2, 0.25) is 5.88 Å². The molecule has 3 N–H and O–H groups in total. The van der Waals surface area contributed by atoms with Crippen molar-refractivity contribution < 1.29 is 14.3 Å². The highest BCUT2D eigenvalue weighted by Gasteiger charge is 2.28.